The van der Waals surface area contributed by atoms with E-state index >= 15 is 0 Å². The first kappa shape index (κ1) is 9.49. The molecule has 3 rings (SSSR count). The van der Waals surface area contributed by atoms with Crippen molar-refractivity contribution in [2.45, 2.75) is 0 Å². The van der Waals surface area contributed by atoms with Crippen LogP contribution in [-0.2, 0) is 19.5 Å². The molecule has 0 unspecified atom stereocenters. The first-order valence-electron chi connectivity index (χ1n) is 4.48. The molecule has 64 valence electrons. The van der Waals surface area contributed by atoms with Crippen molar-refractivity contribution >= 4 is 21.5 Å². The van der Waals surface area contributed by atoms with Crippen LogP contribution >= 0.6 is 0 Å². The summed E-state index contributed by atoms with van der Waals surface area (Å²) in [6, 6.07) is 19.3. The Labute approximate surface area is 95.7 Å². The van der Waals surface area contributed by atoms with Crippen molar-refractivity contribution in [2.75, 3.05) is 0 Å². The number of hydrogen-bond acceptors (Lipinski definition) is 0. The second-order valence-corrected chi connectivity index (χ2v) is 3.32. The van der Waals surface area contributed by atoms with Gasteiger partial charge in [-0.3, -0.25) is 0 Å². The molecule has 0 saturated heterocycles. The number of fused-ring (bicyclic) bond motifs is 3. The minimum Gasteiger partial charge on any atom is -0.126 e. The van der Waals surface area contributed by atoms with Crippen LogP contribution in [0.2, 0.25) is 0 Å². The van der Waals surface area contributed by atoms with Crippen LogP contribution in [0.3, 0.4) is 0 Å². The molecule has 3 aromatic carbocycles. The average molecular weight is 231 g/mol. The number of rotatable bonds is 0. The van der Waals surface area contributed by atoms with Gasteiger partial charge in [0.2, 0.25) is 0 Å². The molecule has 0 N–H and O–H groups in total. The van der Waals surface area contributed by atoms with Gasteiger partial charge in [0.05, 0.1) is 0 Å². The Hall–Kier alpha value is -1.07. The van der Waals surface area contributed by atoms with Crippen LogP contribution in [0.15, 0.2) is 54.6 Å². The molecular formula is C13H9Zn-. The van der Waals surface area contributed by atoms with Gasteiger partial charge in [0.15, 0.2) is 0 Å². The van der Waals surface area contributed by atoms with Gasteiger partial charge in [0, 0.05) is 19.5 Å². The molecule has 14 heavy (non-hydrogen) atoms. The third kappa shape index (κ3) is 1.29. The third-order valence-corrected chi connectivity index (χ3v) is 2.52. The summed E-state index contributed by atoms with van der Waals surface area (Å²) in [6.45, 7) is 0. The summed E-state index contributed by atoms with van der Waals surface area (Å²) in [5.41, 5.74) is 0. The Morgan fingerprint density at radius 2 is 1.07 bits per heavy atom. The molecule has 0 heterocycles. The van der Waals surface area contributed by atoms with Gasteiger partial charge in [-0.15, -0.1) is 39.7 Å². The first-order valence-corrected chi connectivity index (χ1v) is 4.48. The van der Waals surface area contributed by atoms with Crippen LogP contribution in [-0.4, -0.2) is 0 Å². The zero-order chi connectivity index (χ0) is 8.67. The molecule has 0 aliphatic carbocycles. The van der Waals surface area contributed by atoms with E-state index in [2.05, 4.69) is 54.6 Å². The largest absolute Gasteiger partial charge is 0.126 e. The van der Waals surface area contributed by atoms with Crippen LogP contribution in [0, 0.1) is 0 Å². The Bertz CT molecular complexity index is 513. The third-order valence-electron chi connectivity index (χ3n) is 2.52. The summed E-state index contributed by atoms with van der Waals surface area (Å²) in [5, 5.41) is 5.39. The van der Waals surface area contributed by atoms with Gasteiger partial charge in [-0.05, 0) is 0 Å². The monoisotopic (exact) mass is 229 g/mol. The number of hydrogen-bond donors (Lipinski definition) is 0. The van der Waals surface area contributed by atoms with E-state index < -0.39 is 0 Å². The molecule has 0 spiro atoms. The zero-order valence-electron chi connectivity index (χ0n) is 7.90. The minimum absolute atomic E-state index is 0. The smallest absolute Gasteiger partial charge is 0 e. The van der Waals surface area contributed by atoms with Gasteiger partial charge >= 0.3 is 0 Å². The van der Waals surface area contributed by atoms with Gasteiger partial charge in [0.1, 0.15) is 0 Å². The van der Waals surface area contributed by atoms with Crippen molar-refractivity contribution in [1.29, 1.82) is 0 Å². The average Bonchev–Trinajstić information content (AvgIpc) is 2.56. The predicted octanol–water partition coefficient (Wildman–Crippen LogP) is 3.71. The standard InChI is InChI=1S/C13H9.Zn/c1-3-7-12-10(5-1)9-11-6-2-4-8-13(11)12;/h1-9H;/q-1;. The van der Waals surface area contributed by atoms with Gasteiger partial charge in [-0.25, -0.2) is 0 Å². The van der Waals surface area contributed by atoms with E-state index in [9.17, 15) is 0 Å². The van der Waals surface area contributed by atoms with Gasteiger partial charge < -0.3 is 0 Å². The van der Waals surface area contributed by atoms with E-state index in [1.807, 2.05) is 0 Å². The molecule has 0 nitrogen and oxygen atoms in total. The van der Waals surface area contributed by atoms with Crippen molar-refractivity contribution in [1.82, 2.24) is 0 Å². The fraction of sp³-hybridized carbons (Fsp3) is 0. The Morgan fingerprint density at radius 1 is 0.643 bits per heavy atom. The summed E-state index contributed by atoms with van der Waals surface area (Å²) in [4.78, 5) is 0. The van der Waals surface area contributed by atoms with E-state index in [0.717, 1.165) is 0 Å². The molecule has 1 heteroatoms. The van der Waals surface area contributed by atoms with Crippen molar-refractivity contribution < 1.29 is 19.5 Å². The minimum atomic E-state index is 0. The van der Waals surface area contributed by atoms with Crippen LogP contribution < -0.4 is 0 Å². The summed E-state index contributed by atoms with van der Waals surface area (Å²) < 4.78 is 0. The van der Waals surface area contributed by atoms with E-state index in [1.165, 1.54) is 21.5 Å². The normalized spacial score (nSPS) is 10.3. The molecule has 0 aromatic heterocycles. The van der Waals surface area contributed by atoms with Crippen LogP contribution in [0.25, 0.3) is 21.5 Å². The van der Waals surface area contributed by atoms with E-state index in [-0.39, 0.29) is 19.5 Å². The van der Waals surface area contributed by atoms with Crippen molar-refractivity contribution in [3.05, 3.63) is 54.6 Å². The molecule has 0 aliphatic heterocycles. The fourth-order valence-electron chi connectivity index (χ4n) is 1.90. The zero-order valence-corrected chi connectivity index (χ0v) is 10.9. The van der Waals surface area contributed by atoms with Crippen LogP contribution in [0.1, 0.15) is 0 Å². The van der Waals surface area contributed by atoms with Crippen LogP contribution in [0.4, 0.5) is 0 Å². The molecule has 0 bridgehead atoms. The molecule has 3 aromatic rings. The molecule has 0 aliphatic rings. The maximum absolute atomic E-state index is 2.24. The molecule has 0 atom stereocenters. The summed E-state index contributed by atoms with van der Waals surface area (Å²) >= 11 is 0. The first-order chi connectivity index (χ1) is 6.45. The Balaban J connectivity index is 0.000000750. The van der Waals surface area contributed by atoms with Crippen molar-refractivity contribution in [3.8, 4) is 0 Å². The molecule has 0 radical (unpaired) electrons. The Kier molecular flexibility index (Phi) is 2.43. The van der Waals surface area contributed by atoms with Gasteiger partial charge in [0.25, 0.3) is 0 Å². The number of benzene rings is 2. The van der Waals surface area contributed by atoms with E-state index in [1.54, 1.807) is 0 Å². The van der Waals surface area contributed by atoms with Crippen LogP contribution in [0.5, 0.6) is 0 Å². The van der Waals surface area contributed by atoms with Crippen molar-refractivity contribution in [3.63, 3.8) is 0 Å². The quantitative estimate of drug-likeness (QED) is 0.408. The maximum atomic E-state index is 2.24. The molecular weight excluding hydrogens is 222 g/mol. The molecule has 0 saturated carbocycles. The maximum Gasteiger partial charge on any atom is 0 e. The predicted molar refractivity (Wildman–Crippen MR) is 57.0 cm³/mol. The van der Waals surface area contributed by atoms with E-state index in [4.69, 9.17) is 0 Å². The Morgan fingerprint density at radius 3 is 1.57 bits per heavy atom. The topological polar surface area (TPSA) is 0 Å². The van der Waals surface area contributed by atoms with Gasteiger partial charge in [-0.1, -0.05) is 36.4 Å². The summed E-state index contributed by atoms with van der Waals surface area (Å²) in [7, 11) is 0. The summed E-state index contributed by atoms with van der Waals surface area (Å²) in [6.07, 6.45) is 0. The SMILES string of the molecule is [Zn].c1ccc2c(c1)[cH-]c1ccccc12. The van der Waals surface area contributed by atoms with Crippen molar-refractivity contribution in [2.24, 2.45) is 0 Å². The molecule has 0 amide bonds. The molecule has 0 fully saturated rings. The second-order valence-electron chi connectivity index (χ2n) is 3.32. The van der Waals surface area contributed by atoms with Gasteiger partial charge in [-0.2, -0.15) is 0 Å². The summed E-state index contributed by atoms with van der Waals surface area (Å²) in [5.74, 6) is 0. The van der Waals surface area contributed by atoms with E-state index in [0.29, 0.717) is 0 Å². The fourth-order valence-corrected chi connectivity index (χ4v) is 1.90. The second kappa shape index (κ2) is 3.59.